The summed E-state index contributed by atoms with van der Waals surface area (Å²) in [6, 6.07) is 57.1. The molecule has 9 rings (SSSR count). The van der Waals surface area contributed by atoms with Crippen molar-refractivity contribution in [3.05, 3.63) is 192 Å². The highest BCUT2D eigenvalue weighted by atomic mass is 31.2. The molecule has 4 heteroatoms. The van der Waals surface area contributed by atoms with Crippen LogP contribution in [-0.2, 0) is 9.13 Å². The minimum Gasteiger partial charge on any atom is -0.313 e. The van der Waals surface area contributed by atoms with Crippen LogP contribution in [0.4, 0.5) is 0 Å². The molecule has 0 unspecified atom stereocenters. The van der Waals surface area contributed by atoms with Gasteiger partial charge < -0.3 is 9.13 Å². The summed E-state index contributed by atoms with van der Waals surface area (Å²) in [5.74, 6) is -0.381. The molecule has 0 radical (unpaired) electrons. The molecule has 0 N–H and O–H groups in total. The molecule has 0 fully saturated rings. The van der Waals surface area contributed by atoms with Gasteiger partial charge in [0.25, 0.3) is 0 Å². The first-order valence-corrected chi connectivity index (χ1v) is 18.8. The molecular weight excluding hydrogens is 574 g/mol. The van der Waals surface area contributed by atoms with Crippen LogP contribution >= 0.6 is 14.3 Å². The van der Waals surface area contributed by atoms with Gasteiger partial charge in [0, 0.05) is 44.4 Å². The molecule has 6 aromatic rings. The molecule has 0 aliphatic heterocycles. The second-order valence-corrected chi connectivity index (χ2v) is 17.7. The van der Waals surface area contributed by atoms with E-state index in [1.54, 1.807) is 0 Å². The van der Waals surface area contributed by atoms with Crippen molar-refractivity contribution < 1.29 is 9.13 Å². The van der Waals surface area contributed by atoms with Crippen molar-refractivity contribution in [3.8, 4) is 0 Å². The first-order valence-electron chi connectivity index (χ1n) is 15.2. The van der Waals surface area contributed by atoms with E-state index in [4.69, 9.17) is 0 Å². The second kappa shape index (κ2) is 10.7. The summed E-state index contributed by atoms with van der Waals surface area (Å²) < 4.78 is 33.2. The molecule has 2 nitrogen and oxygen atoms in total. The van der Waals surface area contributed by atoms with E-state index < -0.39 is 25.6 Å². The van der Waals surface area contributed by atoms with Crippen LogP contribution in [0.25, 0.3) is 0 Å². The van der Waals surface area contributed by atoms with E-state index in [-0.39, 0.29) is 11.8 Å². The first kappa shape index (κ1) is 27.3. The largest absolute Gasteiger partial charge is 0.313 e. The molecule has 2 atom stereocenters. The molecular formula is C40H32O2P2. The zero-order valence-corrected chi connectivity index (χ0v) is 26.0. The molecule has 0 spiro atoms. The van der Waals surface area contributed by atoms with E-state index in [0.29, 0.717) is 0 Å². The fourth-order valence-corrected chi connectivity index (χ4v) is 16.3. The highest BCUT2D eigenvalue weighted by Gasteiger charge is 2.62. The number of benzene rings is 6. The summed E-state index contributed by atoms with van der Waals surface area (Å²) in [7, 11) is -6.84. The van der Waals surface area contributed by atoms with Gasteiger partial charge in [-0.2, -0.15) is 0 Å². The molecule has 0 saturated carbocycles. The van der Waals surface area contributed by atoms with E-state index in [2.05, 4.69) is 48.5 Å². The van der Waals surface area contributed by atoms with Crippen LogP contribution in [-0.4, -0.2) is 11.3 Å². The Morgan fingerprint density at radius 1 is 0.295 bits per heavy atom. The van der Waals surface area contributed by atoms with Gasteiger partial charge in [0.15, 0.2) is 0 Å². The lowest BCUT2D eigenvalue weighted by atomic mass is 9.63. The molecule has 0 heterocycles. The quantitative estimate of drug-likeness (QED) is 0.180. The van der Waals surface area contributed by atoms with Crippen LogP contribution in [0, 0.1) is 0 Å². The first-order chi connectivity index (χ1) is 21.6. The Labute approximate surface area is 259 Å². The normalized spacial score (nSPS) is 20.5. The van der Waals surface area contributed by atoms with Gasteiger partial charge in [-0.3, -0.25) is 0 Å². The van der Waals surface area contributed by atoms with Gasteiger partial charge >= 0.3 is 0 Å². The lowest BCUT2D eigenvalue weighted by molar-refractivity contribution is 0.488. The van der Waals surface area contributed by atoms with Crippen molar-refractivity contribution in [2.45, 2.75) is 23.2 Å². The average Bonchev–Trinajstić information content (AvgIpc) is 3.12. The molecule has 0 amide bonds. The molecule has 0 aromatic heterocycles. The number of fused-ring (bicyclic) bond motifs is 1. The predicted molar refractivity (Wildman–Crippen MR) is 184 cm³/mol. The van der Waals surface area contributed by atoms with Crippen LogP contribution in [0.5, 0.6) is 0 Å². The number of hydrogen-bond acceptors (Lipinski definition) is 2. The molecule has 44 heavy (non-hydrogen) atoms. The Balaban J connectivity index is 1.54. The van der Waals surface area contributed by atoms with Gasteiger partial charge in [0.2, 0.25) is 0 Å². The Hall–Kier alpha value is -4.22. The van der Waals surface area contributed by atoms with Crippen LogP contribution in [0.2, 0.25) is 0 Å². The Morgan fingerprint density at radius 3 is 0.727 bits per heavy atom. The second-order valence-electron chi connectivity index (χ2n) is 11.9. The molecule has 2 bridgehead atoms. The Bertz CT molecular complexity index is 1760. The van der Waals surface area contributed by atoms with Gasteiger partial charge in [-0.1, -0.05) is 170 Å². The zero-order chi connectivity index (χ0) is 29.7. The maximum absolute atomic E-state index is 16.6. The van der Waals surface area contributed by atoms with Crippen molar-refractivity contribution in [3.63, 3.8) is 0 Å². The van der Waals surface area contributed by atoms with Crippen molar-refractivity contribution >= 4 is 35.5 Å². The van der Waals surface area contributed by atoms with Crippen LogP contribution < -0.4 is 21.2 Å². The summed E-state index contributed by atoms with van der Waals surface area (Å²) in [5.41, 5.74) is 3.95. The summed E-state index contributed by atoms with van der Waals surface area (Å²) in [6.45, 7) is 0. The Kier molecular flexibility index (Phi) is 6.67. The van der Waals surface area contributed by atoms with Crippen LogP contribution in [0.3, 0.4) is 0 Å². The topological polar surface area (TPSA) is 34.1 Å². The summed E-state index contributed by atoms with van der Waals surface area (Å²) in [5, 5.41) is 3.26. The van der Waals surface area contributed by atoms with Gasteiger partial charge in [-0.25, -0.2) is 0 Å². The van der Waals surface area contributed by atoms with Gasteiger partial charge in [0.05, 0.1) is 0 Å². The summed E-state index contributed by atoms with van der Waals surface area (Å²) >= 11 is 0. The highest BCUT2D eigenvalue weighted by Crippen LogP contribution is 2.73. The smallest absolute Gasteiger partial charge is 0.147 e. The summed E-state index contributed by atoms with van der Waals surface area (Å²) in [6.07, 6.45) is 0. The standard InChI is InChI=1S/C40H32O2P2/c41-43(29-17-5-1-6-18-29,30-19-7-2-8-20-30)39-37-33-25-13-15-27-35(33)38(36-28-16-14-26-34(36)37)40(39)44(42,31-21-9-3-10-22-31)32-23-11-4-12-24-32/h1-28,37-40H/t37?,38?,39-,40-/m1/s1. The minimum atomic E-state index is -3.42. The average molecular weight is 607 g/mol. The Morgan fingerprint density at radius 2 is 0.500 bits per heavy atom. The number of rotatable bonds is 6. The van der Waals surface area contributed by atoms with E-state index in [9.17, 15) is 0 Å². The molecule has 3 aliphatic rings. The summed E-state index contributed by atoms with van der Waals surface area (Å²) in [4.78, 5) is 0. The maximum atomic E-state index is 16.6. The third-order valence-electron chi connectivity index (χ3n) is 9.76. The van der Waals surface area contributed by atoms with E-state index in [1.165, 1.54) is 22.3 Å². The fourth-order valence-electron chi connectivity index (χ4n) is 8.05. The van der Waals surface area contributed by atoms with Gasteiger partial charge in [0.1, 0.15) is 14.3 Å². The van der Waals surface area contributed by atoms with Gasteiger partial charge in [-0.15, -0.1) is 0 Å². The van der Waals surface area contributed by atoms with Crippen molar-refractivity contribution in [2.75, 3.05) is 0 Å². The molecule has 6 aromatic carbocycles. The lowest BCUT2D eigenvalue weighted by Gasteiger charge is -2.55. The third kappa shape index (κ3) is 3.95. The van der Waals surface area contributed by atoms with Crippen LogP contribution in [0.1, 0.15) is 34.1 Å². The maximum Gasteiger partial charge on any atom is 0.147 e. The van der Waals surface area contributed by atoms with E-state index in [1.807, 2.05) is 121 Å². The van der Waals surface area contributed by atoms with Crippen molar-refractivity contribution in [2.24, 2.45) is 0 Å². The molecule has 214 valence electrons. The fraction of sp³-hybridized carbons (Fsp3) is 0.100. The molecule has 0 saturated heterocycles. The van der Waals surface area contributed by atoms with Crippen LogP contribution in [0.15, 0.2) is 170 Å². The molecule has 3 aliphatic carbocycles. The van der Waals surface area contributed by atoms with Crippen molar-refractivity contribution in [1.82, 2.24) is 0 Å². The van der Waals surface area contributed by atoms with Gasteiger partial charge in [-0.05, 0) is 22.3 Å². The van der Waals surface area contributed by atoms with E-state index in [0.717, 1.165) is 21.2 Å². The SMILES string of the molecule is O=P(c1ccccc1)(c1ccccc1)[C@@H]1C2c3ccccc3C(c3ccccc32)[C@H]1P(=O)(c1ccccc1)c1ccccc1. The van der Waals surface area contributed by atoms with E-state index >= 15 is 9.13 Å². The third-order valence-corrected chi connectivity index (χ3v) is 17.2. The minimum absolute atomic E-state index is 0.190. The lowest BCUT2D eigenvalue weighted by Crippen LogP contribution is -2.52. The zero-order valence-electron chi connectivity index (χ0n) is 24.2. The monoisotopic (exact) mass is 606 g/mol. The van der Waals surface area contributed by atoms with Crippen molar-refractivity contribution in [1.29, 1.82) is 0 Å². The highest BCUT2D eigenvalue weighted by molar-refractivity contribution is 7.83. The predicted octanol–water partition coefficient (Wildman–Crippen LogP) is 8.04. The number of hydrogen-bond donors (Lipinski definition) is 0.